The lowest BCUT2D eigenvalue weighted by molar-refractivity contribution is -0.0197. The monoisotopic (exact) mass is 183 g/mol. The van der Waals surface area contributed by atoms with E-state index in [9.17, 15) is 0 Å². The molecule has 2 nitrogen and oxygen atoms in total. The second kappa shape index (κ2) is 3.25. The minimum Gasteiger partial charge on any atom is -0.374 e. The van der Waals surface area contributed by atoms with Crippen molar-refractivity contribution in [3.05, 3.63) is 0 Å². The molecule has 1 saturated heterocycles. The summed E-state index contributed by atoms with van der Waals surface area (Å²) in [6.07, 6.45) is 4.19. The van der Waals surface area contributed by atoms with Crippen molar-refractivity contribution in [3.63, 3.8) is 0 Å². The van der Waals surface area contributed by atoms with Gasteiger partial charge in [0.25, 0.3) is 0 Å². The van der Waals surface area contributed by atoms with Crippen LogP contribution in [0.3, 0.4) is 0 Å². The topological polar surface area (TPSA) is 21.3 Å². The molecule has 0 aromatic carbocycles. The van der Waals surface area contributed by atoms with Gasteiger partial charge in [0.1, 0.15) is 0 Å². The molecule has 2 aliphatic rings. The number of ether oxygens (including phenoxy) is 1. The molecule has 1 N–H and O–H groups in total. The van der Waals surface area contributed by atoms with Gasteiger partial charge in [-0.1, -0.05) is 0 Å². The van der Waals surface area contributed by atoms with Gasteiger partial charge >= 0.3 is 0 Å². The van der Waals surface area contributed by atoms with Crippen LogP contribution >= 0.6 is 0 Å². The number of hydrogen-bond donors (Lipinski definition) is 1. The van der Waals surface area contributed by atoms with Crippen molar-refractivity contribution in [1.82, 2.24) is 5.32 Å². The van der Waals surface area contributed by atoms with Gasteiger partial charge in [-0.25, -0.2) is 0 Å². The quantitative estimate of drug-likeness (QED) is 0.706. The van der Waals surface area contributed by atoms with Crippen molar-refractivity contribution in [2.45, 2.75) is 57.7 Å². The zero-order valence-corrected chi connectivity index (χ0v) is 8.97. The van der Waals surface area contributed by atoms with Crippen LogP contribution in [0.4, 0.5) is 0 Å². The summed E-state index contributed by atoms with van der Waals surface area (Å²) in [6.45, 7) is 7.27. The predicted octanol–water partition coefficient (Wildman–Crippen LogP) is 1.94. The fourth-order valence-electron chi connectivity index (χ4n) is 2.50. The lowest BCUT2D eigenvalue weighted by Gasteiger charge is -2.27. The molecule has 0 spiro atoms. The molecule has 1 heterocycles. The average molecular weight is 183 g/mol. The number of fused-ring (bicyclic) bond motifs is 2. The first kappa shape index (κ1) is 9.47. The van der Waals surface area contributed by atoms with Crippen LogP contribution in [0.1, 0.15) is 40.0 Å². The van der Waals surface area contributed by atoms with Gasteiger partial charge in [-0.2, -0.15) is 0 Å². The SMILES string of the molecule is CC(C)(C)OCC1NC2CCC1C2. The fraction of sp³-hybridized carbons (Fsp3) is 1.00. The molecule has 3 atom stereocenters. The van der Waals surface area contributed by atoms with Gasteiger partial charge < -0.3 is 10.1 Å². The number of nitrogens with one attached hydrogen (secondary N) is 1. The molecule has 0 aromatic rings. The Morgan fingerprint density at radius 1 is 1.31 bits per heavy atom. The highest BCUT2D eigenvalue weighted by atomic mass is 16.5. The van der Waals surface area contributed by atoms with Crippen LogP contribution in [0.5, 0.6) is 0 Å². The van der Waals surface area contributed by atoms with Crippen LogP contribution in [0, 0.1) is 5.92 Å². The minimum absolute atomic E-state index is 0.0174. The van der Waals surface area contributed by atoms with E-state index in [4.69, 9.17) is 4.74 Å². The third kappa shape index (κ3) is 2.23. The second-order valence-electron chi connectivity index (χ2n) is 5.47. The highest BCUT2D eigenvalue weighted by Gasteiger charge is 2.39. The van der Waals surface area contributed by atoms with E-state index in [-0.39, 0.29) is 5.60 Å². The van der Waals surface area contributed by atoms with Crippen LogP contribution in [-0.4, -0.2) is 24.3 Å². The Kier molecular flexibility index (Phi) is 2.37. The Bertz CT molecular complexity index is 185. The van der Waals surface area contributed by atoms with E-state index < -0.39 is 0 Å². The Morgan fingerprint density at radius 2 is 2.08 bits per heavy atom. The van der Waals surface area contributed by atoms with E-state index in [2.05, 4.69) is 26.1 Å². The molecule has 76 valence electrons. The summed E-state index contributed by atoms with van der Waals surface area (Å²) in [5.41, 5.74) is 0.0174. The van der Waals surface area contributed by atoms with E-state index in [0.29, 0.717) is 6.04 Å². The second-order valence-corrected chi connectivity index (χ2v) is 5.47. The molecule has 13 heavy (non-hydrogen) atoms. The number of hydrogen-bond acceptors (Lipinski definition) is 2. The fourth-order valence-corrected chi connectivity index (χ4v) is 2.50. The van der Waals surface area contributed by atoms with Gasteiger partial charge in [0, 0.05) is 12.1 Å². The third-order valence-corrected chi connectivity index (χ3v) is 3.19. The Labute approximate surface area is 81.0 Å². The average Bonchev–Trinajstić information content (AvgIpc) is 2.58. The van der Waals surface area contributed by atoms with E-state index in [1.165, 1.54) is 19.3 Å². The summed E-state index contributed by atoms with van der Waals surface area (Å²) in [7, 11) is 0. The van der Waals surface area contributed by atoms with Crippen LogP contribution < -0.4 is 5.32 Å². The molecular weight excluding hydrogens is 162 g/mol. The van der Waals surface area contributed by atoms with Crippen molar-refractivity contribution in [1.29, 1.82) is 0 Å². The predicted molar refractivity (Wildman–Crippen MR) is 53.8 cm³/mol. The molecule has 1 aliphatic carbocycles. The summed E-state index contributed by atoms with van der Waals surface area (Å²) in [5, 5.41) is 3.64. The lowest BCUT2D eigenvalue weighted by atomic mass is 10.0. The molecule has 2 rings (SSSR count). The molecule has 3 unspecified atom stereocenters. The van der Waals surface area contributed by atoms with Crippen molar-refractivity contribution in [2.75, 3.05) is 6.61 Å². The zero-order valence-electron chi connectivity index (χ0n) is 8.97. The third-order valence-electron chi connectivity index (χ3n) is 3.19. The maximum absolute atomic E-state index is 5.80. The summed E-state index contributed by atoms with van der Waals surface area (Å²) >= 11 is 0. The van der Waals surface area contributed by atoms with E-state index in [0.717, 1.165) is 18.6 Å². The Balaban J connectivity index is 1.78. The van der Waals surface area contributed by atoms with Crippen molar-refractivity contribution >= 4 is 0 Å². The maximum atomic E-state index is 5.80. The summed E-state index contributed by atoms with van der Waals surface area (Å²) in [4.78, 5) is 0. The van der Waals surface area contributed by atoms with Crippen LogP contribution in [0.2, 0.25) is 0 Å². The summed E-state index contributed by atoms with van der Waals surface area (Å²) in [6, 6.07) is 1.44. The van der Waals surface area contributed by atoms with Crippen molar-refractivity contribution in [3.8, 4) is 0 Å². The highest BCUT2D eigenvalue weighted by molar-refractivity contribution is 4.96. The maximum Gasteiger partial charge on any atom is 0.0629 e. The van der Waals surface area contributed by atoms with Crippen LogP contribution in [0.25, 0.3) is 0 Å². The molecular formula is C11H21NO. The highest BCUT2D eigenvalue weighted by Crippen LogP contribution is 2.35. The van der Waals surface area contributed by atoms with Gasteiger partial charge in [0.2, 0.25) is 0 Å². The minimum atomic E-state index is 0.0174. The Morgan fingerprint density at radius 3 is 2.54 bits per heavy atom. The van der Waals surface area contributed by atoms with E-state index in [1.54, 1.807) is 0 Å². The normalized spacial score (nSPS) is 38.5. The van der Waals surface area contributed by atoms with Gasteiger partial charge in [-0.3, -0.25) is 0 Å². The molecule has 0 amide bonds. The summed E-state index contributed by atoms with van der Waals surface area (Å²) < 4.78 is 5.80. The van der Waals surface area contributed by atoms with Gasteiger partial charge in [0.05, 0.1) is 12.2 Å². The van der Waals surface area contributed by atoms with Gasteiger partial charge in [0.15, 0.2) is 0 Å². The molecule has 2 heteroatoms. The first-order chi connectivity index (χ1) is 6.04. The standard InChI is InChI=1S/C11H21NO/c1-11(2,3)13-7-10-8-4-5-9(6-8)12-10/h8-10,12H,4-7H2,1-3H3. The van der Waals surface area contributed by atoms with Crippen molar-refractivity contribution < 1.29 is 4.74 Å². The van der Waals surface area contributed by atoms with Crippen LogP contribution in [-0.2, 0) is 4.74 Å². The molecule has 0 radical (unpaired) electrons. The van der Waals surface area contributed by atoms with Crippen molar-refractivity contribution in [2.24, 2.45) is 5.92 Å². The zero-order chi connectivity index (χ0) is 9.47. The molecule has 0 aromatic heterocycles. The first-order valence-electron chi connectivity index (χ1n) is 5.44. The van der Waals surface area contributed by atoms with Gasteiger partial charge in [-0.05, 0) is 46.0 Å². The summed E-state index contributed by atoms with van der Waals surface area (Å²) in [5.74, 6) is 0.896. The van der Waals surface area contributed by atoms with Crippen LogP contribution in [0.15, 0.2) is 0 Å². The molecule has 2 fully saturated rings. The lowest BCUT2D eigenvalue weighted by Crippen LogP contribution is -2.40. The van der Waals surface area contributed by atoms with E-state index >= 15 is 0 Å². The molecule has 1 saturated carbocycles. The number of rotatable bonds is 2. The van der Waals surface area contributed by atoms with E-state index in [1.807, 2.05) is 0 Å². The largest absolute Gasteiger partial charge is 0.374 e. The molecule has 1 aliphatic heterocycles. The smallest absolute Gasteiger partial charge is 0.0629 e. The first-order valence-corrected chi connectivity index (χ1v) is 5.44. The number of piperidine rings is 1. The molecule has 2 bridgehead atoms. The Hall–Kier alpha value is -0.0800. The van der Waals surface area contributed by atoms with Gasteiger partial charge in [-0.15, -0.1) is 0 Å².